The van der Waals surface area contributed by atoms with Gasteiger partial charge in [0.1, 0.15) is 0 Å². The minimum Gasteiger partial charge on any atom is -0.352 e. The number of amides is 1. The molecule has 122 valence electrons. The number of hydrogen-bond acceptors (Lipinski definition) is 3. The van der Waals surface area contributed by atoms with Crippen LogP contribution in [0.25, 0.3) is 0 Å². The first-order valence-electron chi connectivity index (χ1n) is 6.99. The number of anilines is 1. The molecular formula is C16H17ClN2O3S. The van der Waals surface area contributed by atoms with Crippen LogP contribution in [0.1, 0.15) is 17.3 Å². The third kappa shape index (κ3) is 3.83. The highest BCUT2D eigenvalue weighted by Gasteiger charge is 2.21. The van der Waals surface area contributed by atoms with Gasteiger partial charge in [-0.25, -0.2) is 8.42 Å². The number of halogens is 1. The SMILES string of the molecule is CCNC(=O)c1cccc(N(C)S(=O)(=O)c2ccc(Cl)cc2)c1. The summed E-state index contributed by atoms with van der Waals surface area (Å²) >= 11 is 5.79. The summed E-state index contributed by atoms with van der Waals surface area (Å²) in [7, 11) is -2.28. The van der Waals surface area contributed by atoms with Crippen LogP contribution in [0.3, 0.4) is 0 Å². The topological polar surface area (TPSA) is 66.5 Å². The number of nitrogens with one attached hydrogen (secondary N) is 1. The van der Waals surface area contributed by atoms with Gasteiger partial charge in [-0.1, -0.05) is 17.7 Å². The van der Waals surface area contributed by atoms with E-state index in [2.05, 4.69) is 5.32 Å². The van der Waals surface area contributed by atoms with Crippen molar-refractivity contribution >= 4 is 33.2 Å². The van der Waals surface area contributed by atoms with E-state index in [0.717, 1.165) is 4.31 Å². The van der Waals surface area contributed by atoms with Gasteiger partial charge in [0.25, 0.3) is 15.9 Å². The van der Waals surface area contributed by atoms with Crippen molar-refractivity contribution < 1.29 is 13.2 Å². The van der Waals surface area contributed by atoms with Gasteiger partial charge in [0.15, 0.2) is 0 Å². The van der Waals surface area contributed by atoms with Crippen LogP contribution >= 0.6 is 11.6 Å². The molecule has 0 radical (unpaired) electrons. The van der Waals surface area contributed by atoms with Gasteiger partial charge in [-0.15, -0.1) is 0 Å². The summed E-state index contributed by atoms with van der Waals surface area (Å²) in [5.41, 5.74) is 0.811. The van der Waals surface area contributed by atoms with Crippen molar-refractivity contribution in [3.05, 3.63) is 59.1 Å². The van der Waals surface area contributed by atoms with Gasteiger partial charge in [0, 0.05) is 24.2 Å². The van der Waals surface area contributed by atoms with Crippen LogP contribution in [0.5, 0.6) is 0 Å². The van der Waals surface area contributed by atoms with E-state index in [0.29, 0.717) is 22.8 Å². The van der Waals surface area contributed by atoms with Gasteiger partial charge in [-0.05, 0) is 49.4 Å². The largest absolute Gasteiger partial charge is 0.352 e. The highest BCUT2D eigenvalue weighted by atomic mass is 35.5. The molecule has 0 aromatic heterocycles. The van der Waals surface area contributed by atoms with Crippen molar-refractivity contribution in [1.29, 1.82) is 0 Å². The maximum absolute atomic E-state index is 12.6. The van der Waals surface area contributed by atoms with E-state index in [4.69, 9.17) is 11.6 Å². The second-order valence-electron chi connectivity index (χ2n) is 4.84. The highest BCUT2D eigenvalue weighted by molar-refractivity contribution is 7.92. The first-order chi connectivity index (χ1) is 10.9. The summed E-state index contributed by atoms with van der Waals surface area (Å²) in [5.74, 6) is -0.244. The Balaban J connectivity index is 2.36. The normalized spacial score (nSPS) is 11.1. The van der Waals surface area contributed by atoms with Gasteiger partial charge >= 0.3 is 0 Å². The zero-order valence-corrected chi connectivity index (χ0v) is 14.4. The van der Waals surface area contributed by atoms with Gasteiger partial charge in [0.2, 0.25) is 0 Å². The molecule has 0 aliphatic rings. The van der Waals surface area contributed by atoms with Crippen LogP contribution in [-0.2, 0) is 10.0 Å². The van der Waals surface area contributed by atoms with E-state index in [9.17, 15) is 13.2 Å². The van der Waals surface area contributed by atoms with Crippen LogP contribution in [0, 0.1) is 0 Å². The molecule has 0 saturated heterocycles. The highest BCUT2D eigenvalue weighted by Crippen LogP contribution is 2.24. The van der Waals surface area contributed by atoms with Gasteiger partial charge in [0.05, 0.1) is 10.6 Å². The van der Waals surface area contributed by atoms with Crippen molar-refractivity contribution in [3.63, 3.8) is 0 Å². The summed E-state index contributed by atoms with van der Waals surface area (Å²) in [6, 6.07) is 12.4. The van der Waals surface area contributed by atoms with E-state index < -0.39 is 10.0 Å². The number of rotatable bonds is 5. The summed E-state index contributed by atoms with van der Waals surface area (Å²) in [5, 5.41) is 3.15. The summed E-state index contributed by atoms with van der Waals surface area (Å²) < 4.78 is 26.4. The molecular weight excluding hydrogens is 336 g/mol. The molecule has 0 saturated carbocycles. The minimum absolute atomic E-state index is 0.132. The summed E-state index contributed by atoms with van der Waals surface area (Å²) in [6.45, 7) is 2.32. The molecule has 23 heavy (non-hydrogen) atoms. The molecule has 2 aromatic carbocycles. The zero-order valence-electron chi connectivity index (χ0n) is 12.8. The number of benzene rings is 2. The van der Waals surface area contributed by atoms with E-state index in [-0.39, 0.29) is 10.8 Å². The second kappa shape index (κ2) is 7.02. The quantitative estimate of drug-likeness (QED) is 0.899. The van der Waals surface area contributed by atoms with Crippen LogP contribution < -0.4 is 9.62 Å². The molecule has 5 nitrogen and oxygen atoms in total. The lowest BCUT2D eigenvalue weighted by atomic mass is 10.2. The lowest BCUT2D eigenvalue weighted by Gasteiger charge is -2.20. The average molecular weight is 353 g/mol. The molecule has 0 unspecified atom stereocenters. The van der Waals surface area contributed by atoms with Crippen LogP contribution in [0.15, 0.2) is 53.4 Å². The van der Waals surface area contributed by atoms with E-state index >= 15 is 0 Å². The van der Waals surface area contributed by atoms with Crippen molar-refractivity contribution in [2.45, 2.75) is 11.8 Å². The van der Waals surface area contributed by atoms with E-state index in [1.54, 1.807) is 24.3 Å². The number of nitrogens with zero attached hydrogens (tertiary/aromatic N) is 1. The molecule has 0 bridgehead atoms. The third-order valence-corrected chi connectivity index (χ3v) is 5.33. The maximum atomic E-state index is 12.6. The first kappa shape index (κ1) is 17.3. The summed E-state index contributed by atoms with van der Waals surface area (Å²) in [4.78, 5) is 12.0. The van der Waals surface area contributed by atoms with Gasteiger partial charge in [-0.2, -0.15) is 0 Å². The Labute approximate surface area is 140 Å². The van der Waals surface area contributed by atoms with Crippen molar-refractivity contribution in [2.75, 3.05) is 17.9 Å². The Bertz CT molecular complexity index is 804. The minimum atomic E-state index is -3.72. The number of carbonyl (C=O) groups excluding carboxylic acids is 1. The summed E-state index contributed by atoms with van der Waals surface area (Å²) in [6.07, 6.45) is 0. The fourth-order valence-electron chi connectivity index (χ4n) is 2.01. The van der Waals surface area contributed by atoms with Crippen molar-refractivity contribution in [2.24, 2.45) is 0 Å². The van der Waals surface area contributed by atoms with Crippen molar-refractivity contribution in [1.82, 2.24) is 5.32 Å². The second-order valence-corrected chi connectivity index (χ2v) is 7.24. The van der Waals surface area contributed by atoms with E-state index in [1.807, 2.05) is 6.92 Å². The standard InChI is InChI=1S/C16H17ClN2O3S/c1-3-18-16(20)12-5-4-6-14(11-12)19(2)23(21,22)15-9-7-13(17)8-10-15/h4-11H,3H2,1-2H3,(H,18,20). The molecule has 1 N–H and O–H groups in total. The molecule has 1 amide bonds. The average Bonchev–Trinajstić information content (AvgIpc) is 2.55. The molecule has 0 atom stereocenters. The van der Waals surface area contributed by atoms with Crippen LogP contribution in [0.4, 0.5) is 5.69 Å². The molecule has 2 aromatic rings. The van der Waals surface area contributed by atoms with Crippen LogP contribution in [-0.4, -0.2) is 27.9 Å². The maximum Gasteiger partial charge on any atom is 0.264 e. The molecule has 7 heteroatoms. The Kier molecular flexibility index (Phi) is 5.28. The van der Waals surface area contributed by atoms with Gasteiger partial charge < -0.3 is 5.32 Å². The van der Waals surface area contributed by atoms with Crippen molar-refractivity contribution in [3.8, 4) is 0 Å². The number of sulfonamides is 1. The molecule has 0 spiro atoms. The predicted molar refractivity (Wildman–Crippen MR) is 91.5 cm³/mol. The molecule has 0 aliphatic heterocycles. The smallest absolute Gasteiger partial charge is 0.264 e. The monoisotopic (exact) mass is 352 g/mol. The van der Waals surface area contributed by atoms with E-state index in [1.165, 1.54) is 31.3 Å². The number of hydrogen-bond donors (Lipinski definition) is 1. The Morgan fingerprint density at radius 2 is 1.83 bits per heavy atom. The molecule has 0 heterocycles. The zero-order chi connectivity index (χ0) is 17.0. The van der Waals surface area contributed by atoms with Crippen LogP contribution in [0.2, 0.25) is 5.02 Å². The Hall–Kier alpha value is -2.05. The predicted octanol–water partition coefficient (Wildman–Crippen LogP) is 2.91. The Morgan fingerprint density at radius 1 is 1.17 bits per heavy atom. The molecule has 0 aliphatic carbocycles. The third-order valence-electron chi connectivity index (χ3n) is 3.28. The Morgan fingerprint density at radius 3 is 2.43 bits per heavy atom. The molecule has 0 fully saturated rings. The lowest BCUT2D eigenvalue weighted by molar-refractivity contribution is 0.0956. The molecule has 2 rings (SSSR count). The fraction of sp³-hybridized carbons (Fsp3) is 0.188. The first-order valence-corrected chi connectivity index (χ1v) is 8.81. The fourth-order valence-corrected chi connectivity index (χ4v) is 3.32. The van der Waals surface area contributed by atoms with Gasteiger partial charge in [-0.3, -0.25) is 9.10 Å². The number of carbonyl (C=O) groups is 1. The lowest BCUT2D eigenvalue weighted by Crippen LogP contribution is -2.27.